The molecule has 1 fully saturated rings. The third-order valence-corrected chi connectivity index (χ3v) is 7.01. The van der Waals surface area contributed by atoms with Crippen molar-refractivity contribution in [3.05, 3.63) is 52.9 Å². The molecule has 0 N–H and O–H groups in total. The van der Waals surface area contributed by atoms with Crippen molar-refractivity contribution >= 4 is 34.8 Å². The summed E-state index contributed by atoms with van der Waals surface area (Å²) in [6.45, 7) is 5.16. The molecule has 0 bridgehead atoms. The van der Waals surface area contributed by atoms with Gasteiger partial charge in [0.25, 0.3) is 0 Å². The molecule has 2 aliphatic rings. The molecule has 5 atom stereocenters. The van der Waals surface area contributed by atoms with Gasteiger partial charge in [-0.05, 0) is 29.8 Å². The summed E-state index contributed by atoms with van der Waals surface area (Å²) >= 11 is 0. The molecule has 0 unspecified atom stereocenters. The van der Waals surface area contributed by atoms with E-state index in [9.17, 15) is 24.0 Å². The monoisotopic (exact) mass is 640 g/mol. The molecular formula is C32H32O14. The molecule has 3 heterocycles. The Balaban J connectivity index is 1.46. The fraction of sp³-hybridized carbons (Fsp3) is 0.406. The maximum absolute atomic E-state index is 13.5. The van der Waals surface area contributed by atoms with Crippen LogP contribution < -0.4 is 19.6 Å². The van der Waals surface area contributed by atoms with Crippen LogP contribution in [0.5, 0.6) is 17.2 Å². The molecule has 1 saturated heterocycles. The maximum atomic E-state index is 13.5. The molecule has 46 heavy (non-hydrogen) atoms. The minimum atomic E-state index is -1.45. The van der Waals surface area contributed by atoms with E-state index >= 15 is 0 Å². The standard InChI is InChI=1S/C32H32O14/c1-16(33)40-15-27-29(42-17(2)34)30(43-18(3)35)31(44-19(4)36)32(46-27)45-21-7-8-22-25(13-21)41-14-23(28(22)37)20-6-9-24-26(12-20)39-11-5-10-38-24/h6-9,12-14,27,29-32H,5,10-11,15H2,1-4H3/t27-,29-,30+,31+,32+/m0/s1. The second kappa shape index (κ2) is 13.9. The first-order valence-corrected chi connectivity index (χ1v) is 14.4. The number of benzene rings is 2. The van der Waals surface area contributed by atoms with Gasteiger partial charge in [0.2, 0.25) is 12.4 Å². The van der Waals surface area contributed by atoms with Crippen molar-refractivity contribution in [2.24, 2.45) is 0 Å². The smallest absolute Gasteiger partial charge is 0.303 e. The summed E-state index contributed by atoms with van der Waals surface area (Å²) in [7, 11) is 0. The number of carbonyl (C=O) groups excluding carboxylic acids is 4. The Hall–Kier alpha value is -5.11. The summed E-state index contributed by atoms with van der Waals surface area (Å²) in [6.07, 6.45) is -4.74. The van der Waals surface area contributed by atoms with E-state index in [4.69, 9.17) is 42.3 Å². The topological polar surface area (TPSA) is 172 Å². The molecule has 0 saturated carbocycles. The zero-order chi connectivity index (χ0) is 33.0. The van der Waals surface area contributed by atoms with Crippen LogP contribution in [0.25, 0.3) is 22.1 Å². The molecule has 244 valence electrons. The number of ether oxygens (including phenoxy) is 8. The third-order valence-electron chi connectivity index (χ3n) is 7.01. The molecule has 14 heteroatoms. The highest BCUT2D eigenvalue weighted by atomic mass is 16.7. The largest absolute Gasteiger partial charge is 0.490 e. The first-order valence-electron chi connectivity index (χ1n) is 14.4. The Labute approximate surface area is 262 Å². The normalized spacial score (nSPS) is 22.2. The predicted octanol–water partition coefficient (Wildman–Crippen LogP) is 3.08. The highest BCUT2D eigenvalue weighted by molar-refractivity contribution is 5.83. The summed E-state index contributed by atoms with van der Waals surface area (Å²) in [5, 5.41) is 0.249. The van der Waals surface area contributed by atoms with Crippen molar-refractivity contribution < 1.29 is 61.5 Å². The van der Waals surface area contributed by atoms with Crippen LogP contribution >= 0.6 is 0 Å². The number of fused-ring (bicyclic) bond motifs is 2. The lowest BCUT2D eigenvalue weighted by Crippen LogP contribution is -2.63. The predicted molar refractivity (Wildman–Crippen MR) is 156 cm³/mol. The van der Waals surface area contributed by atoms with E-state index < -0.39 is 61.2 Å². The molecule has 2 aromatic carbocycles. The van der Waals surface area contributed by atoms with Crippen molar-refractivity contribution in [2.45, 2.75) is 64.8 Å². The van der Waals surface area contributed by atoms with Gasteiger partial charge in [0.15, 0.2) is 29.1 Å². The second-order valence-corrected chi connectivity index (χ2v) is 10.5. The van der Waals surface area contributed by atoms with E-state index in [2.05, 4.69) is 0 Å². The molecule has 0 aliphatic carbocycles. The maximum Gasteiger partial charge on any atom is 0.303 e. The van der Waals surface area contributed by atoms with E-state index in [0.717, 1.165) is 27.2 Å². The van der Waals surface area contributed by atoms with Crippen molar-refractivity contribution in [1.82, 2.24) is 0 Å². The van der Waals surface area contributed by atoms with Crippen LogP contribution in [0.1, 0.15) is 34.1 Å². The van der Waals surface area contributed by atoms with Gasteiger partial charge in [-0.15, -0.1) is 0 Å². The highest BCUT2D eigenvalue weighted by Crippen LogP contribution is 2.35. The van der Waals surface area contributed by atoms with E-state index in [1.165, 1.54) is 31.4 Å². The Bertz CT molecular complexity index is 1690. The zero-order valence-electron chi connectivity index (χ0n) is 25.5. The van der Waals surface area contributed by atoms with Gasteiger partial charge in [-0.2, -0.15) is 0 Å². The number of rotatable bonds is 8. The Morgan fingerprint density at radius 3 is 2.15 bits per heavy atom. The molecule has 0 spiro atoms. The average Bonchev–Trinajstić information content (AvgIpc) is 3.24. The number of hydrogen-bond acceptors (Lipinski definition) is 14. The van der Waals surface area contributed by atoms with Gasteiger partial charge in [0.05, 0.1) is 24.2 Å². The fourth-order valence-corrected chi connectivity index (χ4v) is 5.13. The number of carbonyl (C=O) groups is 4. The van der Waals surface area contributed by atoms with Crippen molar-refractivity contribution in [2.75, 3.05) is 19.8 Å². The minimum absolute atomic E-state index is 0.125. The Morgan fingerprint density at radius 2 is 1.46 bits per heavy atom. The highest BCUT2D eigenvalue weighted by Gasteiger charge is 2.53. The van der Waals surface area contributed by atoms with Gasteiger partial charge in [-0.3, -0.25) is 24.0 Å². The van der Waals surface area contributed by atoms with E-state index in [1.54, 1.807) is 18.2 Å². The minimum Gasteiger partial charge on any atom is -0.490 e. The summed E-state index contributed by atoms with van der Waals surface area (Å²) < 4.78 is 50.6. The quantitative estimate of drug-likeness (QED) is 0.260. The van der Waals surface area contributed by atoms with Crippen molar-refractivity contribution in [3.63, 3.8) is 0 Å². The van der Waals surface area contributed by atoms with Crippen LogP contribution in [-0.4, -0.2) is 74.4 Å². The molecule has 5 rings (SSSR count). The lowest BCUT2D eigenvalue weighted by atomic mass is 9.98. The van der Waals surface area contributed by atoms with Gasteiger partial charge in [-0.25, -0.2) is 0 Å². The zero-order valence-corrected chi connectivity index (χ0v) is 25.5. The summed E-state index contributed by atoms with van der Waals surface area (Å²) in [6, 6.07) is 9.61. The molecule has 1 aromatic heterocycles. The van der Waals surface area contributed by atoms with Gasteiger partial charge in [-0.1, -0.05) is 6.07 Å². The first kappa shape index (κ1) is 32.3. The Kier molecular flexibility index (Phi) is 9.75. The summed E-state index contributed by atoms with van der Waals surface area (Å²) in [5.41, 5.74) is 0.745. The molecule has 3 aromatic rings. The van der Waals surface area contributed by atoms with E-state index in [-0.39, 0.29) is 22.1 Å². The number of esters is 4. The van der Waals surface area contributed by atoms with Crippen LogP contribution in [0, 0.1) is 0 Å². The molecule has 0 amide bonds. The number of hydrogen-bond donors (Lipinski definition) is 0. The lowest BCUT2D eigenvalue weighted by molar-refractivity contribution is -0.288. The third kappa shape index (κ3) is 7.40. The molecule has 2 aliphatic heterocycles. The van der Waals surface area contributed by atoms with Gasteiger partial charge >= 0.3 is 23.9 Å². The van der Waals surface area contributed by atoms with Crippen LogP contribution in [0.3, 0.4) is 0 Å². The van der Waals surface area contributed by atoms with Gasteiger partial charge < -0.3 is 42.3 Å². The van der Waals surface area contributed by atoms with Crippen molar-refractivity contribution in [1.29, 1.82) is 0 Å². The average molecular weight is 641 g/mol. The summed E-state index contributed by atoms with van der Waals surface area (Å²) in [4.78, 5) is 61.2. The van der Waals surface area contributed by atoms with Gasteiger partial charge in [0, 0.05) is 40.2 Å². The van der Waals surface area contributed by atoms with Gasteiger partial charge in [0.1, 0.15) is 30.3 Å². The van der Waals surface area contributed by atoms with E-state index in [0.29, 0.717) is 35.8 Å². The van der Waals surface area contributed by atoms with Crippen LogP contribution in [0.15, 0.2) is 51.9 Å². The lowest BCUT2D eigenvalue weighted by Gasteiger charge is -2.43. The first-order chi connectivity index (χ1) is 22.0. The van der Waals surface area contributed by atoms with Crippen molar-refractivity contribution in [3.8, 4) is 28.4 Å². The SMILES string of the molecule is CC(=O)OC[C@@H]1O[C@@H](Oc2ccc3c(=O)c(-c4ccc5c(c4)OCCCO5)coc3c2)[C@H](OC(C)=O)[C@H](OC(C)=O)[C@H]1OC(C)=O. The van der Waals surface area contributed by atoms with Crippen LogP contribution in [0.4, 0.5) is 0 Å². The Morgan fingerprint density at radius 1 is 0.783 bits per heavy atom. The molecule has 0 radical (unpaired) electrons. The van der Waals surface area contributed by atoms with Crippen LogP contribution in [0.2, 0.25) is 0 Å². The second-order valence-electron chi connectivity index (χ2n) is 10.5. The fourth-order valence-electron chi connectivity index (χ4n) is 5.13. The summed E-state index contributed by atoms with van der Waals surface area (Å²) in [5.74, 6) is -1.70. The molecule has 14 nitrogen and oxygen atoms in total. The van der Waals surface area contributed by atoms with E-state index in [1.807, 2.05) is 0 Å². The molecular weight excluding hydrogens is 608 g/mol. The van der Waals surface area contributed by atoms with Crippen LogP contribution in [-0.2, 0) is 42.9 Å².